The van der Waals surface area contributed by atoms with Crippen LogP contribution in [0, 0.1) is 0 Å². The van der Waals surface area contributed by atoms with E-state index in [1.54, 1.807) is 21.8 Å². The molecule has 0 bridgehead atoms. The molecule has 1 saturated heterocycles. The van der Waals surface area contributed by atoms with E-state index in [1.165, 1.54) is 11.3 Å². The summed E-state index contributed by atoms with van der Waals surface area (Å²) in [4.78, 5) is 0.354. The van der Waals surface area contributed by atoms with Gasteiger partial charge in [0.1, 0.15) is 4.90 Å². The molecule has 1 aromatic heterocycles. The quantitative estimate of drug-likeness (QED) is 0.910. The molecule has 114 valence electrons. The van der Waals surface area contributed by atoms with Crippen LogP contribution in [0.5, 0.6) is 0 Å². The second-order valence-corrected chi connectivity index (χ2v) is 8.70. The summed E-state index contributed by atoms with van der Waals surface area (Å²) in [5, 5.41) is 2.96. The molecule has 3 rings (SSSR count). The predicted molar refractivity (Wildman–Crippen MR) is 87.4 cm³/mol. The molecule has 4 nitrogen and oxygen atoms in total. The zero-order chi connectivity index (χ0) is 15.2. The molecule has 2 aromatic rings. The third-order valence-electron chi connectivity index (χ3n) is 3.94. The van der Waals surface area contributed by atoms with Crippen LogP contribution in [0.2, 0.25) is 5.02 Å². The van der Waals surface area contributed by atoms with Crippen LogP contribution in [-0.2, 0) is 10.0 Å². The van der Waals surface area contributed by atoms with Gasteiger partial charge in [-0.2, -0.15) is 4.31 Å². The van der Waals surface area contributed by atoms with Gasteiger partial charge in [-0.1, -0.05) is 11.6 Å². The molecule has 1 aliphatic rings. The lowest BCUT2D eigenvalue weighted by molar-refractivity contribution is 0.247. The van der Waals surface area contributed by atoms with Crippen molar-refractivity contribution in [2.24, 2.45) is 5.73 Å². The summed E-state index contributed by atoms with van der Waals surface area (Å²) in [6.07, 6.45) is 1.40. The Labute approximate surface area is 133 Å². The van der Waals surface area contributed by atoms with Crippen LogP contribution in [0.3, 0.4) is 0 Å². The molecule has 0 saturated carbocycles. The van der Waals surface area contributed by atoms with E-state index in [9.17, 15) is 8.42 Å². The third-order valence-corrected chi connectivity index (χ3v) is 7.34. The Morgan fingerprint density at radius 3 is 2.90 bits per heavy atom. The molecule has 0 radical (unpaired) electrons. The maximum atomic E-state index is 12.9. The van der Waals surface area contributed by atoms with E-state index >= 15 is 0 Å². The number of piperidine rings is 1. The topological polar surface area (TPSA) is 63.4 Å². The van der Waals surface area contributed by atoms with Crippen molar-refractivity contribution >= 4 is 43.0 Å². The standard InChI is InChI=1S/C14H17ClN2O2S2/c1-9-6-11(16)4-5-17(9)21(18,19)14-8-20-13-3-2-10(15)7-12(13)14/h2-3,7-9,11H,4-6,16H2,1H3. The van der Waals surface area contributed by atoms with Crippen molar-refractivity contribution < 1.29 is 8.42 Å². The molecule has 2 unspecified atom stereocenters. The van der Waals surface area contributed by atoms with Crippen molar-refractivity contribution in [3.05, 3.63) is 28.6 Å². The first-order chi connectivity index (χ1) is 9.89. The van der Waals surface area contributed by atoms with E-state index in [2.05, 4.69) is 0 Å². The van der Waals surface area contributed by atoms with Gasteiger partial charge in [-0.25, -0.2) is 8.42 Å². The maximum absolute atomic E-state index is 12.9. The van der Waals surface area contributed by atoms with Crippen LogP contribution in [0.4, 0.5) is 0 Å². The minimum atomic E-state index is -3.51. The molecule has 21 heavy (non-hydrogen) atoms. The van der Waals surface area contributed by atoms with Crippen LogP contribution < -0.4 is 5.73 Å². The molecule has 1 fully saturated rings. The van der Waals surface area contributed by atoms with Crippen molar-refractivity contribution in [2.45, 2.75) is 36.7 Å². The minimum absolute atomic E-state index is 0.0760. The molecular weight excluding hydrogens is 328 g/mol. The number of nitrogens with two attached hydrogens (primary N) is 1. The first kappa shape index (κ1) is 15.2. The highest BCUT2D eigenvalue weighted by atomic mass is 35.5. The van der Waals surface area contributed by atoms with E-state index in [-0.39, 0.29) is 12.1 Å². The lowest BCUT2D eigenvalue weighted by atomic mass is 10.0. The number of hydrogen-bond acceptors (Lipinski definition) is 4. The van der Waals surface area contributed by atoms with Crippen LogP contribution in [0.15, 0.2) is 28.5 Å². The predicted octanol–water partition coefficient (Wildman–Crippen LogP) is 3.06. The van der Waals surface area contributed by atoms with E-state index in [1.807, 2.05) is 13.0 Å². The highest BCUT2D eigenvalue weighted by Crippen LogP contribution is 2.35. The number of fused-ring (bicyclic) bond motifs is 1. The van der Waals surface area contributed by atoms with Gasteiger partial charge in [0.25, 0.3) is 0 Å². The highest BCUT2D eigenvalue weighted by Gasteiger charge is 2.34. The maximum Gasteiger partial charge on any atom is 0.244 e. The summed E-state index contributed by atoms with van der Waals surface area (Å²) < 4.78 is 28.4. The van der Waals surface area contributed by atoms with Crippen molar-refractivity contribution in [3.8, 4) is 0 Å². The Morgan fingerprint density at radius 2 is 2.19 bits per heavy atom. The SMILES string of the molecule is CC1CC(N)CCN1S(=O)(=O)c1csc2ccc(Cl)cc12. The fourth-order valence-electron chi connectivity index (χ4n) is 2.85. The molecule has 0 aliphatic carbocycles. The van der Waals surface area contributed by atoms with Gasteiger partial charge in [0, 0.05) is 39.1 Å². The smallest absolute Gasteiger partial charge is 0.244 e. The molecule has 2 N–H and O–H groups in total. The Balaban J connectivity index is 2.06. The van der Waals surface area contributed by atoms with Gasteiger partial charge in [-0.3, -0.25) is 0 Å². The molecule has 1 aromatic carbocycles. The highest BCUT2D eigenvalue weighted by molar-refractivity contribution is 7.89. The number of hydrogen-bond donors (Lipinski definition) is 1. The van der Waals surface area contributed by atoms with Crippen LogP contribution >= 0.6 is 22.9 Å². The van der Waals surface area contributed by atoms with Crippen molar-refractivity contribution in [3.63, 3.8) is 0 Å². The fourth-order valence-corrected chi connectivity index (χ4v) is 6.12. The summed E-state index contributed by atoms with van der Waals surface area (Å²) in [6.45, 7) is 2.39. The molecule has 0 spiro atoms. The van der Waals surface area contributed by atoms with Gasteiger partial charge in [0.05, 0.1) is 0 Å². The zero-order valence-corrected chi connectivity index (χ0v) is 14.0. The molecule has 7 heteroatoms. The van der Waals surface area contributed by atoms with Gasteiger partial charge in [0.2, 0.25) is 10.0 Å². The van der Waals surface area contributed by atoms with Crippen molar-refractivity contribution in [2.75, 3.05) is 6.54 Å². The van der Waals surface area contributed by atoms with E-state index in [0.29, 0.717) is 34.7 Å². The molecule has 2 heterocycles. The lowest BCUT2D eigenvalue weighted by Crippen LogP contribution is -2.48. The molecule has 0 amide bonds. The van der Waals surface area contributed by atoms with E-state index in [0.717, 1.165) is 4.70 Å². The Morgan fingerprint density at radius 1 is 1.43 bits per heavy atom. The van der Waals surface area contributed by atoms with Crippen LogP contribution in [0.25, 0.3) is 10.1 Å². The van der Waals surface area contributed by atoms with E-state index in [4.69, 9.17) is 17.3 Å². The summed E-state index contributed by atoms with van der Waals surface area (Å²) in [5.74, 6) is 0. The summed E-state index contributed by atoms with van der Waals surface area (Å²) in [7, 11) is -3.51. The van der Waals surface area contributed by atoms with Crippen molar-refractivity contribution in [1.29, 1.82) is 0 Å². The van der Waals surface area contributed by atoms with Gasteiger partial charge in [-0.15, -0.1) is 11.3 Å². The minimum Gasteiger partial charge on any atom is -0.328 e. The van der Waals surface area contributed by atoms with Gasteiger partial charge < -0.3 is 5.73 Å². The molecular formula is C14H17ClN2O2S2. The Kier molecular flexibility index (Phi) is 4.00. The number of thiophene rings is 1. The summed E-state index contributed by atoms with van der Waals surface area (Å²) >= 11 is 7.44. The largest absolute Gasteiger partial charge is 0.328 e. The number of halogens is 1. The molecule has 2 atom stereocenters. The second-order valence-electron chi connectivity index (χ2n) is 5.49. The number of benzene rings is 1. The molecule has 1 aliphatic heterocycles. The average Bonchev–Trinajstić information content (AvgIpc) is 2.81. The lowest BCUT2D eigenvalue weighted by Gasteiger charge is -2.35. The number of rotatable bonds is 2. The fraction of sp³-hybridized carbons (Fsp3) is 0.429. The van der Waals surface area contributed by atoms with Gasteiger partial charge >= 0.3 is 0 Å². The first-order valence-corrected chi connectivity index (χ1v) is 9.53. The van der Waals surface area contributed by atoms with Gasteiger partial charge in [0.15, 0.2) is 0 Å². The summed E-state index contributed by atoms with van der Waals surface area (Å²) in [5.41, 5.74) is 5.92. The van der Waals surface area contributed by atoms with Crippen LogP contribution in [-0.4, -0.2) is 31.4 Å². The summed E-state index contributed by atoms with van der Waals surface area (Å²) in [6, 6.07) is 5.37. The Hall–Kier alpha value is -0.660. The van der Waals surface area contributed by atoms with E-state index < -0.39 is 10.0 Å². The Bertz CT molecular complexity index is 772. The first-order valence-electron chi connectivity index (χ1n) is 6.84. The number of nitrogens with zero attached hydrogens (tertiary/aromatic N) is 1. The second kappa shape index (κ2) is 5.52. The monoisotopic (exact) mass is 344 g/mol. The van der Waals surface area contributed by atoms with Crippen molar-refractivity contribution in [1.82, 2.24) is 4.31 Å². The normalized spacial score (nSPS) is 24.5. The third kappa shape index (κ3) is 2.71. The zero-order valence-electron chi connectivity index (χ0n) is 11.6. The average molecular weight is 345 g/mol. The number of sulfonamides is 1. The van der Waals surface area contributed by atoms with Gasteiger partial charge in [-0.05, 0) is 38.0 Å². The van der Waals surface area contributed by atoms with Crippen LogP contribution in [0.1, 0.15) is 19.8 Å².